The predicted molar refractivity (Wildman–Crippen MR) is 60.8 cm³/mol. The Bertz CT molecular complexity index is 161. The first-order valence-electron chi connectivity index (χ1n) is 6.01. The smallest absolute Gasteiger partial charge is 0.0897 e. The standard InChI is InChI=1S/C11H24N2O2/c1-2-6-13(8-11(15)9-14)7-10-4-3-5-12-10/h10-12,14-15H,2-9H2,1H3. The van der Waals surface area contributed by atoms with E-state index in [-0.39, 0.29) is 6.61 Å². The number of hydrogen-bond acceptors (Lipinski definition) is 4. The summed E-state index contributed by atoms with van der Waals surface area (Å²) in [5.41, 5.74) is 0. The van der Waals surface area contributed by atoms with Gasteiger partial charge in [-0.2, -0.15) is 0 Å². The molecule has 0 bridgehead atoms. The van der Waals surface area contributed by atoms with E-state index in [0.717, 1.165) is 26.1 Å². The lowest BCUT2D eigenvalue weighted by atomic mass is 10.2. The predicted octanol–water partition coefficient (Wildman–Crippen LogP) is -0.196. The van der Waals surface area contributed by atoms with Gasteiger partial charge in [0.25, 0.3) is 0 Å². The molecule has 0 aromatic heterocycles. The molecule has 4 heteroatoms. The van der Waals surface area contributed by atoms with Crippen molar-refractivity contribution in [2.75, 3.05) is 32.8 Å². The summed E-state index contributed by atoms with van der Waals surface area (Å²) in [6.07, 6.45) is 2.98. The van der Waals surface area contributed by atoms with Crippen LogP contribution < -0.4 is 5.32 Å². The Hall–Kier alpha value is -0.160. The maximum absolute atomic E-state index is 9.42. The average Bonchev–Trinajstić information content (AvgIpc) is 2.70. The zero-order valence-corrected chi connectivity index (χ0v) is 9.65. The topological polar surface area (TPSA) is 55.7 Å². The monoisotopic (exact) mass is 216 g/mol. The number of hydrogen-bond donors (Lipinski definition) is 3. The van der Waals surface area contributed by atoms with Crippen LogP contribution in [0.15, 0.2) is 0 Å². The molecule has 1 rings (SSSR count). The molecule has 1 heterocycles. The van der Waals surface area contributed by atoms with Crippen molar-refractivity contribution >= 4 is 0 Å². The SMILES string of the molecule is CCCN(CC(O)CO)CC1CCCN1. The lowest BCUT2D eigenvalue weighted by Crippen LogP contribution is -2.42. The molecule has 0 aromatic rings. The van der Waals surface area contributed by atoms with Crippen LogP contribution in [0.5, 0.6) is 0 Å². The highest BCUT2D eigenvalue weighted by Crippen LogP contribution is 2.07. The van der Waals surface area contributed by atoms with Crippen molar-refractivity contribution in [3.8, 4) is 0 Å². The van der Waals surface area contributed by atoms with Gasteiger partial charge in [0.1, 0.15) is 0 Å². The summed E-state index contributed by atoms with van der Waals surface area (Å²) in [6.45, 7) is 5.69. The van der Waals surface area contributed by atoms with Crippen LogP contribution in [-0.2, 0) is 0 Å². The van der Waals surface area contributed by atoms with E-state index in [4.69, 9.17) is 5.11 Å². The molecular weight excluding hydrogens is 192 g/mol. The highest BCUT2D eigenvalue weighted by atomic mass is 16.3. The molecule has 15 heavy (non-hydrogen) atoms. The fraction of sp³-hybridized carbons (Fsp3) is 1.00. The Morgan fingerprint density at radius 3 is 2.87 bits per heavy atom. The van der Waals surface area contributed by atoms with Crippen LogP contribution in [0.25, 0.3) is 0 Å². The van der Waals surface area contributed by atoms with Crippen LogP contribution in [0, 0.1) is 0 Å². The summed E-state index contributed by atoms with van der Waals surface area (Å²) in [5, 5.41) is 21.7. The van der Waals surface area contributed by atoms with E-state index in [9.17, 15) is 5.11 Å². The third-order valence-corrected chi connectivity index (χ3v) is 2.86. The van der Waals surface area contributed by atoms with Crippen LogP contribution in [-0.4, -0.2) is 60.0 Å². The van der Waals surface area contributed by atoms with Gasteiger partial charge in [0.2, 0.25) is 0 Å². The second kappa shape index (κ2) is 7.17. The summed E-state index contributed by atoms with van der Waals surface area (Å²) < 4.78 is 0. The zero-order valence-electron chi connectivity index (χ0n) is 9.65. The molecule has 0 aromatic carbocycles. The largest absolute Gasteiger partial charge is 0.394 e. The summed E-state index contributed by atoms with van der Waals surface area (Å²) in [7, 11) is 0. The van der Waals surface area contributed by atoms with Gasteiger partial charge in [0.15, 0.2) is 0 Å². The summed E-state index contributed by atoms with van der Waals surface area (Å²) in [6, 6.07) is 0.572. The van der Waals surface area contributed by atoms with Crippen LogP contribution in [0.4, 0.5) is 0 Å². The van der Waals surface area contributed by atoms with Crippen molar-refractivity contribution in [3.05, 3.63) is 0 Å². The molecule has 90 valence electrons. The minimum atomic E-state index is -0.599. The van der Waals surface area contributed by atoms with E-state index in [1.54, 1.807) is 0 Å². The molecule has 1 aliphatic heterocycles. The minimum Gasteiger partial charge on any atom is -0.394 e. The van der Waals surface area contributed by atoms with E-state index in [1.807, 2.05) is 0 Å². The highest BCUT2D eigenvalue weighted by Gasteiger charge is 2.18. The Morgan fingerprint density at radius 1 is 1.53 bits per heavy atom. The van der Waals surface area contributed by atoms with E-state index in [1.165, 1.54) is 12.8 Å². The number of rotatable bonds is 7. The Morgan fingerprint density at radius 2 is 2.33 bits per heavy atom. The van der Waals surface area contributed by atoms with E-state index < -0.39 is 6.10 Å². The Kier molecular flexibility index (Phi) is 6.17. The first-order chi connectivity index (χ1) is 7.26. The van der Waals surface area contributed by atoms with Gasteiger partial charge < -0.3 is 15.5 Å². The van der Waals surface area contributed by atoms with Crippen molar-refractivity contribution in [1.29, 1.82) is 0 Å². The molecule has 1 saturated heterocycles. The molecule has 3 N–H and O–H groups in total. The molecule has 1 aliphatic rings. The molecule has 2 atom stereocenters. The third kappa shape index (κ3) is 4.93. The maximum atomic E-state index is 9.42. The van der Waals surface area contributed by atoms with Gasteiger partial charge >= 0.3 is 0 Å². The summed E-state index contributed by atoms with van der Waals surface area (Å²) in [4.78, 5) is 2.24. The van der Waals surface area contributed by atoms with Crippen LogP contribution >= 0.6 is 0 Å². The summed E-state index contributed by atoms with van der Waals surface area (Å²) >= 11 is 0. The molecule has 0 amide bonds. The van der Waals surface area contributed by atoms with Crippen LogP contribution in [0.1, 0.15) is 26.2 Å². The Labute approximate surface area is 92.3 Å². The van der Waals surface area contributed by atoms with Crippen LogP contribution in [0.2, 0.25) is 0 Å². The lowest BCUT2D eigenvalue weighted by molar-refractivity contribution is 0.0567. The van der Waals surface area contributed by atoms with E-state index in [0.29, 0.717) is 12.6 Å². The first kappa shape index (κ1) is 12.9. The van der Waals surface area contributed by atoms with Crippen molar-refractivity contribution in [2.24, 2.45) is 0 Å². The molecule has 1 fully saturated rings. The van der Waals surface area contributed by atoms with Crippen molar-refractivity contribution < 1.29 is 10.2 Å². The maximum Gasteiger partial charge on any atom is 0.0897 e. The minimum absolute atomic E-state index is 0.141. The number of nitrogens with one attached hydrogen (secondary N) is 1. The molecule has 0 radical (unpaired) electrons. The van der Waals surface area contributed by atoms with E-state index >= 15 is 0 Å². The van der Waals surface area contributed by atoms with Crippen molar-refractivity contribution in [3.63, 3.8) is 0 Å². The van der Waals surface area contributed by atoms with Gasteiger partial charge in [-0.3, -0.25) is 4.90 Å². The highest BCUT2D eigenvalue weighted by molar-refractivity contribution is 4.78. The molecule has 0 saturated carbocycles. The molecule has 4 nitrogen and oxygen atoms in total. The van der Waals surface area contributed by atoms with Gasteiger partial charge in [0.05, 0.1) is 12.7 Å². The normalized spacial score (nSPS) is 23.6. The molecule has 2 unspecified atom stereocenters. The first-order valence-corrected chi connectivity index (χ1v) is 6.01. The van der Waals surface area contributed by atoms with Gasteiger partial charge in [-0.1, -0.05) is 6.92 Å². The fourth-order valence-corrected chi connectivity index (χ4v) is 2.15. The fourth-order valence-electron chi connectivity index (χ4n) is 2.15. The molecular formula is C11H24N2O2. The van der Waals surface area contributed by atoms with Gasteiger partial charge in [0, 0.05) is 19.1 Å². The zero-order chi connectivity index (χ0) is 11.1. The molecule has 0 spiro atoms. The summed E-state index contributed by atoms with van der Waals surface area (Å²) in [5.74, 6) is 0. The van der Waals surface area contributed by atoms with Crippen LogP contribution in [0.3, 0.4) is 0 Å². The number of aliphatic hydroxyl groups is 2. The van der Waals surface area contributed by atoms with Gasteiger partial charge in [-0.25, -0.2) is 0 Å². The lowest BCUT2D eigenvalue weighted by Gasteiger charge is -2.26. The van der Waals surface area contributed by atoms with Gasteiger partial charge in [-0.15, -0.1) is 0 Å². The van der Waals surface area contributed by atoms with E-state index in [2.05, 4.69) is 17.1 Å². The third-order valence-electron chi connectivity index (χ3n) is 2.86. The second-order valence-corrected chi connectivity index (χ2v) is 4.39. The quantitative estimate of drug-likeness (QED) is 0.552. The van der Waals surface area contributed by atoms with Crippen molar-refractivity contribution in [2.45, 2.75) is 38.3 Å². The number of nitrogens with zero attached hydrogens (tertiary/aromatic N) is 1. The molecule has 0 aliphatic carbocycles. The average molecular weight is 216 g/mol. The van der Waals surface area contributed by atoms with Crippen molar-refractivity contribution in [1.82, 2.24) is 10.2 Å². The number of aliphatic hydroxyl groups excluding tert-OH is 2. The Balaban J connectivity index is 2.28. The second-order valence-electron chi connectivity index (χ2n) is 4.39. The van der Waals surface area contributed by atoms with Gasteiger partial charge in [-0.05, 0) is 32.4 Å².